The zero-order valence-electron chi connectivity index (χ0n) is 18.5. The molecule has 0 spiro atoms. The smallest absolute Gasteiger partial charge is 0.313 e. The number of hydrazone groups is 1. The van der Waals surface area contributed by atoms with Gasteiger partial charge in [-0.2, -0.15) is 5.10 Å². The Bertz CT molecular complexity index is 1350. The summed E-state index contributed by atoms with van der Waals surface area (Å²) in [7, 11) is 1.65. The van der Waals surface area contributed by atoms with Crippen LogP contribution in [0.25, 0.3) is 33.2 Å². The molecule has 2 N–H and O–H groups in total. The number of rotatable bonds is 8. The van der Waals surface area contributed by atoms with E-state index in [1.54, 1.807) is 7.11 Å². The second-order valence-corrected chi connectivity index (χ2v) is 8.29. The Kier molecular flexibility index (Phi) is 7.29. The summed E-state index contributed by atoms with van der Waals surface area (Å²) in [5, 5.41) is 15.0. The molecular formula is C26H23N3O4S. The Balaban J connectivity index is 1.72. The molecule has 172 valence electrons. The number of carboxylic acid groups (broad SMARTS) is 1. The van der Waals surface area contributed by atoms with Gasteiger partial charge in [0.15, 0.2) is 5.17 Å². The minimum absolute atomic E-state index is 0.137. The summed E-state index contributed by atoms with van der Waals surface area (Å²) in [6.07, 6.45) is 0. The first-order valence-corrected chi connectivity index (χ1v) is 11.4. The van der Waals surface area contributed by atoms with Crippen LogP contribution < -0.4 is 10.2 Å². The topological polar surface area (TPSA) is 96.4 Å². The first-order valence-electron chi connectivity index (χ1n) is 10.4. The van der Waals surface area contributed by atoms with E-state index in [0.29, 0.717) is 10.9 Å². The van der Waals surface area contributed by atoms with E-state index in [1.807, 2.05) is 66.7 Å². The number of methoxy groups -OCH3 is 1. The lowest BCUT2D eigenvalue weighted by molar-refractivity contribution is -0.133. The van der Waals surface area contributed by atoms with E-state index in [0.717, 1.165) is 50.7 Å². The number of ether oxygens (including phenoxy) is 1. The van der Waals surface area contributed by atoms with Gasteiger partial charge in [0.1, 0.15) is 17.3 Å². The van der Waals surface area contributed by atoms with E-state index in [2.05, 4.69) is 28.3 Å². The summed E-state index contributed by atoms with van der Waals surface area (Å²) in [6, 6.07) is 24.1. The minimum atomic E-state index is -0.941. The van der Waals surface area contributed by atoms with Gasteiger partial charge in [0, 0.05) is 17.8 Å². The highest BCUT2D eigenvalue weighted by atomic mass is 32.2. The monoisotopic (exact) mass is 473 g/mol. The van der Waals surface area contributed by atoms with Crippen LogP contribution in [0.4, 0.5) is 0 Å². The summed E-state index contributed by atoms with van der Waals surface area (Å²) in [6.45, 7) is 3.60. The summed E-state index contributed by atoms with van der Waals surface area (Å²) >= 11 is 1.04. The van der Waals surface area contributed by atoms with Crippen molar-refractivity contribution in [2.75, 3.05) is 12.9 Å². The molecule has 0 saturated carbocycles. The van der Waals surface area contributed by atoms with Crippen LogP contribution in [0.2, 0.25) is 0 Å². The van der Waals surface area contributed by atoms with Gasteiger partial charge in [0.05, 0.1) is 19.4 Å². The normalized spacial score (nSPS) is 11.4. The number of nitrogens with zero attached hydrogens (tertiary/aromatic N) is 2. The number of thioether (sulfide) groups is 1. The Morgan fingerprint density at radius 1 is 1.06 bits per heavy atom. The first kappa shape index (κ1) is 23.1. The fraction of sp³-hybridized carbons (Fsp3) is 0.115. The standard InChI is InChI=1S/C26H23N3O4S/c1-27-29-26(34-16-24(30)31)28-15-22-14-23(17-6-4-3-5-7-17)25(33-22)20-9-8-19-13-21(32-2)11-10-18(19)12-20/h3-14H,1,15-16H2,2H3,(H,28,29)(H,30,31). The van der Waals surface area contributed by atoms with Crippen LogP contribution in [0, 0.1) is 0 Å². The van der Waals surface area contributed by atoms with Crippen LogP contribution in [0.1, 0.15) is 5.76 Å². The maximum absolute atomic E-state index is 10.9. The molecule has 0 atom stereocenters. The molecule has 1 heterocycles. The maximum atomic E-state index is 10.9. The lowest BCUT2D eigenvalue weighted by atomic mass is 9.99. The van der Waals surface area contributed by atoms with E-state index in [1.165, 1.54) is 0 Å². The molecule has 7 nitrogen and oxygen atoms in total. The maximum Gasteiger partial charge on any atom is 0.313 e. The number of benzene rings is 3. The van der Waals surface area contributed by atoms with Gasteiger partial charge >= 0.3 is 5.97 Å². The molecule has 0 saturated heterocycles. The van der Waals surface area contributed by atoms with Gasteiger partial charge < -0.3 is 14.3 Å². The average Bonchev–Trinajstić information content (AvgIpc) is 3.30. The van der Waals surface area contributed by atoms with Crippen LogP contribution in [0.3, 0.4) is 0 Å². The van der Waals surface area contributed by atoms with Crippen LogP contribution in [-0.2, 0) is 11.3 Å². The van der Waals surface area contributed by atoms with Crippen molar-refractivity contribution in [3.63, 3.8) is 0 Å². The predicted molar refractivity (Wildman–Crippen MR) is 138 cm³/mol. The van der Waals surface area contributed by atoms with Crippen molar-refractivity contribution in [2.45, 2.75) is 6.54 Å². The van der Waals surface area contributed by atoms with E-state index >= 15 is 0 Å². The highest BCUT2D eigenvalue weighted by Gasteiger charge is 2.16. The second-order valence-electron chi connectivity index (χ2n) is 7.32. The lowest BCUT2D eigenvalue weighted by Gasteiger charge is -2.06. The number of hydrogen-bond acceptors (Lipinski definition) is 6. The molecule has 4 aromatic rings. The number of amidine groups is 1. The van der Waals surface area contributed by atoms with Crippen molar-refractivity contribution < 1.29 is 19.1 Å². The van der Waals surface area contributed by atoms with Gasteiger partial charge in [-0.15, -0.1) is 0 Å². The number of hydrogen-bond donors (Lipinski definition) is 2. The molecule has 0 aliphatic rings. The van der Waals surface area contributed by atoms with Crippen molar-refractivity contribution in [3.8, 4) is 28.2 Å². The molecule has 8 heteroatoms. The van der Waals surface area contributed by atoms with Gasteiger partial charge in [0.25, 0.3) is 0 Å². The molecule has 0 bridgehead atoms. The minimum Gasteiger partial charge on any atom is -0.497 e. The van der Waals surface area contributed by atoms with E-state index in [9.17, 15) is 4.79 Å². The number of aliphatic imine (C=N–C) groups is 1. The van der Waals surface area contributed by atoms with Crippen molar-refractivity contribution in [1.82, 2.24) is 5.43 Å². The molecule has 34 heavy (non-hydrogen) atoms. The summed E-state index contributed by atoms with van der Waals surface area (Å²) < 4.78 is 11.6. The molecule has 3 aromatic carbocycles. The van der Waals surface area contributed by atoms with Gasteiger partial charge in [-0.05, 0) is 40.6 Å². The fourth-order valence-corrected chi connectivity index (χ4v) is 4.06. The molecular weight excluding hydrogens is 450 g/mol. The van der Waals surface area contributed by atoms with Crippen LogP contribution in [0.5, 0.6) is 5.75 Å². The second kappa shape index (κ2) is 10.7. The average molecular weight is 474 g/mol. The fourth-order valence-electron chi connectivity index (χ4n) is 3.52. The van der Waals surface area contributed by atoms with Gasteiger partial charge in [0.2, 0.25) is 0 Å². The third-order valence-electron chi connectivity index (χ3n) is 5.06. The molecule has 0 radical (unpaired) electrons. The quantitative estimate of drug-likeness (QED) is 0.195. The SMILES string of the molecule is C=NNC(=NCc1cc(-c2ccccc2)c(-c2ccc3cc(OC)ccc3c2)o1)SCC(=O)O. The van der Waals surface area contributed by atoms with E-state index in [4.69, 9.17) is 14.3 Å². The lowest BCUT2D eigenvalue weighted by Crippen LogP contribution is -2.16. The molecule has 0 fully saturated rings. The highest BCUT2D eigenvalue weighted by molar-refractivity contribution is 8.14. The Hall–Kier alpha value is -4.04. The number of fused-ring (bicyclic) bond motifs is 1. The van der Waals surface area contributed by atoms with Gasteiger partial charge in [-0.25, -0.2) is 0 Å². The number of aliphatic carboxylic acids is 1. The highest BCUT2D eigenvalue weighted by Crippen LogP contribution is 2.37. The molecule has 0 aliphatic heterocycles. The Morgan fingerprint density at radius 2 is 1.82 bits per heavy atom. The summed E-state index contributed by atoms with van der Waals surface area (Å²) in [5.74, 6) is 1.11. The van der Waals surface area contributed by atoms with Gasteiger partial charge in [-0.1, -0.05) is 60.3 Å². The molecule has 1 aromatic heterocycles. The van der Waals surface area contributed by atoms with Gasteiger partial charge in [-0.3, -0.25) is 15.2 Å². The molecule has 0 unspecified atom stereocenters. The van der Waals surface area contributed by atoms with Crippen LogP contribution in [0.15, 0.2) is 87.3 Å². The van der Waals surface area contributed by atoms with Crippen molar-refractivity contribution in [1.29, 1.82) is 0 Å². The third kappa shape index (κ3) is 5.47. The summed E-state index contributed by atoms with van der Waals surface area (Å²) in [5.41, 5.74) is 5.55. The number of nitrogens with one attached hydrogen (secondary N) is 1. The number of carboxylic acids is 1. The van der Waals surface area contributed by atoms with Crippen molar-refractivity contribution in [2.24, 2.45) is 10.1 Å². The predicted octanol–water partition coefficient (Wildman–Crippen LogP) is 5.65. The number of carbonyl (C=O) groups is 1. The number of furan rings is 1. The zero-order valence-corrected chi connectivity index (χ0v) is 19.3. The molecule has 0 aliphatic carbocycles. The van der Waals surface area contributed by atoms with Crippen LogP contribution >= 0.6 is 11.8 Å². The molecule has 0 amide bonds. The van der Waals surface area contributed by atoms with Crippen molar-refractivity contribution in [3.05, 3.63) is 78.6 Å². The molecule has 4 rings (SSSR count). The first-order chi connectivity index (χ1) is 16.6. The zero-order chi connectivity index (χ0) is 23.9. The van der Waals surface area contributed by atoms with E-state index in [-0.39, 0.29) is 12.3 Å². The van der Waals surface area contributed by atoms with Crippen molar-refractivity contribution >= 4 is 40.4 Å². The van der Waals surface area contributed by atoms with Crippen LogP contribution in [-0.4, -0.2) is 35.8 Å². The summed E-state index contributed by atoms with van der Waals surface area (Å²) in [4.78, 5) is 15.3. The van der Waals surface area contributed by atoms with E-state index < -0.39 is 5.97 Å². The third-order valence-corrected chi connectivity index (χ3v) is 5.95. The Morgan fingerprint density at radius 3 is 2.56 bits per heavy atom. The largest absolute Gasteiger partial charge is 0.497 e. The Labute approximate surface area is 201 Å².